The molecule has 1 aromatic heterocycles. The fraction of sp³-hybridized carbons (Fsp3) is 0.353. The SMILES string of the molecule is Cc1ccc([C@H]2[C@@H](C(=O)Nc3cc(C)on3)CC(=O)N2C)cc1. The molecule has 0 unspecified atom stereocenters. The van der Waals surface area contributed by atoms with Crippen LogP contribution in [-0.4, -0.2) is 28.9 Å². The maximum Gasteiger partial charge on any atom is 0.231 e. The van der Waals surface area contributed by atoms with Crippen LogP contribution in [0, 0.1) is 19.8 Å². The fourth-order valence-corrected chi connectivity index (χ4v) is 2.97. The van der Waals surface area contributed by atoms with Crippen molar-refractivity contribution in [2.24, 2.45) is 5.92 Å². The molecule has 1 N–H and O–H groups in total. The van der Waals surface area contributed by atoms with Crippen molar-refractivity contribution in [1.82, 2.24) is 10.1 Å². The first-order valence-electron chi connectivity index (χ1n) is 7.52. The summed E-state index contributed by atoms with van der Waals surface area (Å²) in [7, 11) is 1.74. The molecule has 1 aromatic carbocycles. The first-order chi connectivity index (χ1) is 11.0. The molecule has 2 aromatic rings. The van der Waals surface area contributed by atoms with Gasteiger partial charge in [-0.1, -0.05) is 35.0 Å². The minimum absolute atomic E-state index is 0.0351. The monoisotopic (exact) mass is 313 g/mol. The van der Waals surface area contributed by atoms with Crippen molar-refractivity contribution < 1.29 is 14.1 Å². The van der Waals surface area contributed by atoms with E-state index in [4.69, 9.17) is 4.52 Å². The summed E-state index contributed by atoms with van der Waals surface area (Å²) < 4.78 is 4.95. The van der Waals surface area contributed by atoms with Crippen LogP contribution in [0.15, 0.2) is 34.9 Å². The summed E-state index contributed by atoms with van der Waals surface area (Å²) in [4.78, 5) is 26.3. The van der Waals surface area contributed by atoms with Gasteiger partial charge in [0, 0.05) is 19.5 Å². The second-order valence-corrected chi connectivity index (χ2v) is 5.98. The van der Waals surface area contributed by atoms with Crippen LogP contribution in [0.25, 0.3) is 0 Å². The van der Waals surface area contributed by atoms with Gasteiger partial charge in [-0.25, -0.2) is 0 Å². The van der Waals surface area contributed by atoms with E-state index in [0.717, 1.165) is 11.1 Å². The number of rotatable bonds is 3. The van der Waals surface area contributed by atoms with Crippen molar-refractivity contribution in [3.63, 3.8) is 0 Å². The van der Waals surface area contributed by atoms with E-state index in [1.54, 1.807) is 24.9 Å². The number of likely N-dealkylation sites (tertiary alicyclic amines) is 1. The Bertz CT molecular complexity index is 736. The van der Waals surface area contributed by atoms with Crippen LogP contribution < -0.4 is 5.32 Å². The zero-order chi connectivity index (χ0) is 16.6. The van der Waals surface area contributed by atoms with Crippen LogP contribution in [0.4, 0.5) is 5.82 Å². The quantitative estimate of drug-likeness (QED) is 0.944. The van der Waals surface area contributed by atoms with Gasteiger partial charge in [-0.05, 0) is 19.4 Å². The van der Waals surface area contributed by atoms with Crippen LogP contribution in [0.5, 0.6) is 0 Å². The smallest absolute Gasteiger partial charge is 0.231 e. The van der Waals surface area contributed by atoms with Gasteiger partial charge in [-0.2, -0.15) is 0 Å². The van der Waals surface area contributed by atoms with E-state index in [1.165, 1.54) is 0 Å². The molecule has 0 bridgehead atoms. The molecule has 2 atom stereocenters. The third-order valence-electron chi connectivity index (χ3n) is 4.22. The largest absolute Gasteiger partial charge is 0.360 e. The molecule has 6 nitrogen and oxygen atoms in total. The maximum atomic E-state index is 12.6. The van der Waals surface area contributed by atoms with E-state index in [2.05, 4.69) is 10.5 Å². The van der Waals surface area contributed by atoms with E-state index in [-0.39, 0.29) is 24.3 Å². The summed E-state index contributed by atoms with van der Waals surface area (Å²) in [6.07, 6.45) is 0.192. The average Bonchev–Trinajstić information content (AvgIpc) is 3.05. The van der Waals surface area contributed by atoms with Crippen molar-refractivity contribution in [3.8, 4) is 0 Å². The zero-order valence-corrected chi connectivity index (χ0v) is 13.4. The molecule has 6 heteroatoms. The average molecular weight is 313 g/mol. The van der Waals surface area contributed by atoms with Gasteiger partial charge in [-0.15, -0.1) is 0 Å². The van der Waals surface area contributed by atoms with Crippen molar-refractivity contribution in [3.05, 3.63) is 47.2 Å². The highest BCUT2D eigenvalue weighted by Crippen LogP contribution is 2.37. The van der Waals surface area contributed by atoms with Crippen molar-refractivity contribution in [1.29, 1.82) is 0 Å². The second kappa shape index (κ2) is 5.87. The van der Waals surface area contributed by atoms with Gasteiger partial charge in [0.2, 0.25) is 11.8 Å². The summed E-state index contributed by atoms with van der Waals surface area (Å²) in [5, 5.41) is 6.50. The zero-order valence-electron chi connectivity index (χ0n) is 13.4. The van der Waals surface area contributed by atoms with Crippen LogP contribution in [-0.2, 0) is 9.59 Å². The number of carbonyl (C=O) groups is 2. The van der Waals surface area contributed by atoms with Crippen molar-refractivity contribution >= 4 is 17.6 Å². The maximum absolute atomic E-state index is 12.6. The fourth-order valence-electron chi connectivity index (χ4n) is 2.97. The summed E-state index contributed by atoms with van der Waals surface area (Å²) in [5.41, 5.74) is 2.10. The number of hydrogen-bond donors (Lipinski definition) is 1. The molecule has 1 aliphatic heterocycles. The normalized spacial score (nSPS) is 20.8. The lowest BCUT2D eigenvalue weighted by Gasteiger charge is -2.24. The summed E-state index contributed by atoms with van der Waals surface area (Å²) in [5.74, 6) is 0.285. The lowest BCUT2D eigenvalue weighted by atomic mass is 9.92. The van der Waals surface area contributed by atoms with E-state index in [9.17, 15) is 9.59 Å². The first kappa shape index (κ1) is 15.3. The Kier molecular flexibility index (Phi) is 3.90. The Labute approximate surface area is 134 Å². The molecule has 1 fully saturated rings. The molecule has 0 radical (unpaired) electrons. The van der Waals surface area contributed by atoms with Gasteiger partial charge in [0.05, 0.1) is 12.0 Å². The minimum atomic E-state index is -0.452. The topological polar surface area (TPSA) is 75.4 Å². The molecule has 0 aliphatic carbocycles. The number of nitrogens with zero attached hydrogens (tertiary/aromatic N) is 2. The molecule has 23 heavy (non-hydrogen) atoms. The number of amides is 2. The standard InChI is InChI=1S/C17H19N3O3/c1-10-4-6-12(7-5-10)16-13(9-15(21)20(16)3)17(22)18-14-8-11(2)23-19-14/h4-8,13,16H,9H2,1-3H3,(H,18,19,22)/t13-,16-/m0/s1. The number of anilines is 1. The first-order valence-corrected chi connectivity index (χ1v) is 7.52. The molecule has 1 saturated heterocycles. The third kappa shape index (κ3) is 2.97. The van der Waals surface area contributed by atoms with E-state index in [0.29, 0.717) is 11.6 Å². The second-order valence-electron chi connectivity index (χ2n) is 5.98. The molecule has 2 heterocycles. The number of nitrogens with one attached hydrogen (secondary N) is 1. The Hall–Kier alpha value is -2.63. The van der Waals surface area contributed by atoms with Crippen LogP contribution in [0.1, 0.15) is 29.3 Å². The van der Waals surface area contributed by atoms with Gasteiger partial charge in [0.25, 0.3) is 0 Å². The molecular formula is C17H19N3O3. The lowest BCUT2D eigenvalue weighted by Crippen LogP contribution is -2.30. The van der Waals surface area contributed by atoms with Gasteiger partial charge in [0.1, 0.15) is 5.76 Å². The number of aryl methyl sites for hydroxylation is 2. The molecular weight excluding hydrogens is 294 g/mol. The highest BCUT2D eigenvalue weighted by molar-refractivity contribution is 5.97. The summed E-state index contributed by atoms with van der Waals surface area (Å²) in [6, 6.07) is 9.30. The number of aromatic nitrogens is 1. The van der Waals surface area contributed by atoms with E-state index < -0.39 is 5.92 Å². The lowest BCUT2D eigenvalue weighted by molar-refractivity contribution is -0.127. The van der Waals surface area contributed by atoms with Gasteiger partial charge >= 0.3 is 0 Å². The number of carbonyl (C=O) groups excluding carboxylic acids is 2. The Morgan fingerprint density at radius 2 is 2.00 bits per heavy atom. The van der Waals surface area contributed by atoms with Gasteiger partial charge in [0.15, 0.2) is 5.82 Å². The van der Waals surface area contributed by atoms with Crippen LogP contribution in [0.3, 0.4) is 0 Å². The van der Waals surface area contributed by atoms with Crippen molar-refractivity contribution in [2.75, 3.05) is 12.4 Å². The van der Waals surface area contributed by atoms with Gasteiger partial charge < -0.3 is 14.7 Å². The summed E-state index contributed by atoms with van der Waals surface area (Å²) >= 11 is 0. The van der Waals surface area contributed by atoms with Gasteiger partial charge in [-0.3, -0.25) is 9.59 Å². The van der Waals surface area contributed by atoms with E-state index in [1.807, 2.05) is 31.2 Å². The Morgan fingerprint density at radius 1 is 1.30 bits per heavy atom. The van der Waals surface area contributed by atoms with E-state index >= 15 is 0 Å². The number of benzene rings is 1. The Morgan fingerprint density at radius 3 is 2.61 bits per heavy atom. The minimum Gasteiger partial charge on any atom is -0.360 e. The summed E-state index contributed by atoms with van der Waals surface area (Å²) in [6.45, 7) is 3.76. The van der Waals surface area contributed by atoms with Crippen LogP contribution in [0.2, 0.25) is 0 Å². The molecule has 120 valence electrons. The predicted octanol–water partition coefficient (Wildman–Crippen LogP) is 2.45. The number of hydrogen-bond acceptors (Lipinski definition) is 4. The molecule has 3 rings (SSSR count). The highest BCUT2D eigenvalue weighted by atomic mass is 16.5. The van der Waals surface area contributed by atoms with Crippen molar-refractivity contribution in [2.45, 2.75) is 26.3 Å². The Balaban J connectivity index is 1.85. The molecule has 1 aliphatic rings. The third-order valence-corrected chi connectivity index (χ3v) is 4.22. The molecule has 0 spiro atoms. The molecule has 0 saturated carbocycles. The molecule has 2 amide bonds. The van der Waals surface area contributed by atoms with Crippen LogP contribution >= 0.6 is 0 Å². The highest BCUT2D eigenvalue weighted by Gasteiger charge is 2.42. The predicted molar refractivity (Wildman–Crippen MR) is 84.7 cm³/mol.